The van der Waals surface area contributed by atoms with Gasteiger partial charge >= 0.3 is 0 Å². The Labute approximate surface area is 89.4 Å². The molecule has 2 heteroatoms. The lowest BCUT2D eigenvalue weighted by Crippen LogP contribution is -2.27. The molecule has 0 aromatic carbocycles. The average Bonchev–Trinajstić information content (AvgIpc) is 2.22. The molecule has 0 atom stereocenters. The molecule has 0 saturated carbocycles. The lowest BCUT2D eigenvalue weighted by molar-refractivity contribution is 0.298. The van der Waals surface area contributed by atoms with E-state index in [-0.39, 0.29) is 0 Å². The van der Waals surface area contributed by atoms with Crippen LogP contribution in [-0.4, -0.2) is 37.6 Å². The zero-order valence-electron chi connectivity index (χ0n) is 9.89. The fourth-order valence-electron chi connectivity index (χ4n) is 1.46. The van der Waals surface area contributed by atoms with Crippen molar-refractivity contribution in [2.75, 3.05) is 32.7 Å². The van der Waals surface area contributed by atoms with E-state index >= 15 is 0 Å². The second-order valence-corrected chi connectivity index (χ2v) is 3.56. The molecule has 0 aliphatic heterocycles. The molecule has 0 amide bonds. The molecule has 0 heterocycles. The van der Waals surface area contributed by atoms with Crippen molar-refractivity contribution < 1.29 is 0 Å². The summed E-state index contributed by atoms with van der Waals surface area (Å²) in [5.74, 6) is 0. The fourth-order valence-corrected chi connectivity index (χ4v) is 1.46. The van der Waals surface area contributed by atoms with Crippen molar-refractivity contribution in [1.29, 1.82) is 0 Å². The maximum atomic E-state index is 3.71. The minimum Gasteiger partial charge on any atom is -0.317 e. The number of hydrogen-bond donors (Lipinski definition) is 1. The first-order valence-electron chi connectivity index (χ1n) is 5.89. The Kier molecular flexibility index (Phi) is 10.5. The molecular weight excluding hydrogens is 172 g/mol. The van der Waals surface area contributed by atoms with Gasteiger partial charge in [0.05, 0.1) is 0 Å². The predicted octanol–water partition coefficient (Wildman–Crippen LogP) is 2.27. The van der Waals surface area contributed by atoms with Crippen LogP contribution in [0.3, 0.4) is 0 Å². The summed E-state index contributed by atoms with van der Waals surface area (Å²) in [4.78, 5) is 2.46. The summed E-state index contributed by atoms with van der Waals surface area (Å²) < 4.78 is 0. The van der Waals surface area contributed by atoms with E-state index in [4.69, 9.17) is 0 Å². The quantitative estimate of drug-likeness (QED) is 0.428. The van der Waals surface area contributed by atoms with E-state index < -0.39 is 0 Å². The Morgan fingerprint density at radius 3 is 2.36 bits per heavy atom. The van der Waals surface area contributed by atoms with Crippen molar-refractivity contribution in [3.8, 4) is 0 Å². The first-order chi connectivity index (χ1) is 6.85. The van der Waals surface area contributed by atoms with E-state index in [1.807, 2.05) is 6.08 Å². The standard InChI is InChI=1S/C12H26N2/c1-4-7-8-10-13-11-9-12-14(5-2)6-3/h4,13H,1,5-12H2,2-3H3. The number of hydrogen-bond acceptors (Lipinski definition) is 2. The van der Waals surface area contributed by atoms with Crippen LogP contribution >= 0.6 is 0 Å². The Bertz CT molecular complexity index is 119. The van der Waals surface area contributed by atoms with E-state index in [2.05, 4.69) is 30.6 Å². The minimum atomic E-state index is 1.13. The number of rotatable bonds is 10. The first-order valence-corrected chi connectivity index (χ1v) is 5.89. The minimum absolute atomic E-state index is 1.13. The van der Waals surface area contributed by atoms with Crippen molar-refractivity contribution in [3.05, 3.63) is 12.7 Å². The number of unbranched alkanes of at least 4 members (excludes halogenated alkanes) is 1. The van der Waals surface area contributed by atoms with Crippen molar-refractivity contribution >= 4 is 0 Å². The molecule has 0 bridgehead atoms. The van der Waals surface area contributed by atoms with Crippen LogP contribution in [0.5, 0.6) is 0 Å². The highest BCUT2D eigenvalue weighted by Crippen LogP contribution is 1.90. The average molecular weight is 198 g/mol. The van der Waals surface area contributed by atoms with Gasteiger partial charge in [0.1, 0.15) is 0 Å². The van der Waals surface area contributed by atoms with Crippen LogP contribution in [0.15, 0.2) is 12.7 Å². The normalized spacial score (nSPS) is 10.8. The molecule has 0 aromatic rings. The van der Waals surface area contributed by atoms with Gasteiger partial charge in [-0.05, 0) is 52.0 Å². The molecule has 84 valence electrons. The summed E-state index contributed by atoms with van der Waals surface area (Å²) in [7, 11) is 0. The fraction of sp³-hybridized carbons (Fsp3) is 0.833. The van der Waals surface area contributed by atoms with Crippen molar-refractivity contribution in [1.82, 2.24) is 10.2 Å². The van der Waals surface area contributed by atoms with Gasteiger partial charge < -0.3 is 10.2 Å². The lowest BCUT2D eigenvalue weighted by atomic mass is 10.3. The second kappa shape index (κ2) is 10.7. The molecule has 2 nitrogen and oxygen atoms in total. The maximum absolute atomic E-state index is 3.71. The van der Waals surface area contributed by atoms with Crippen molar-refractivity contribution in [3.63, 3.8) is 0 Å². The van der Waals surface area contributed by atoms with Crippen LogP contribution in [0.25, 0.3) is 0 Å². The highest BCUT2D eigenvalue weighted by Gasteiger charge is 1.96. The van der Waals surface area contributed by atoms with Gasteiger partial charge in [0.15, 0.2) is 0 Å². The van der Waals surface area contributed by atoms with E-state index in [1.165, 1.54) is 32.5 Å². The second-order valence-electron chi connectivity index (χ2n) is 3.56. The Balaban J connectivity index is 3.08. The van der Waals surface area contributed by atoms with Crippen LogP contribution in [0.4, 0.5) is 0 Å². The summed E-state index contributed by atoms with van der Waals surface area (Å²) in [5, 5.41) is 3.45. The highest BCUT2D eigenvalue weighted by atomic mass is 15.1. The van der Waals surface area contributed by atoms with Gasteiger partial charge in [-0.15, -0.1) is 6.58 Å². The van der Waals surface area contributed by atoms with Crippen LogP contribution in [0, 0.1) is 0 Å². The molecule has 0 spiro atoms. The predicted molar refractivity (Wildman–Crippen MR) is 64.7 cm³/mol. The molecule has 0 saturated heterocycles. The Morgan fingerprint density at radius 1 is 1.14 bits per heavy atom. The van der Waals surface area contributed by atoms with E-state index in [1.54, 1.807) is 0 Å². The summed E-state index contributed by atoms with van der Waals surface area (Å²) in [6.45, 7) is 14.0. The summed E-state index contributed by atoms with van der Waals surface area (Å²) in [6, 6.07) is 0. The van der Waals surface area contributed by atoms with Crippen LogP contribution in [0.1, 0.15) is 33.1 Å². The summed E-state index contributed by atoms with van der Waals surface area (Å²) >= 11 is 0. The van der Waals surface area contributed by atoms with Crippen LogP contribution < -0.4 is 5.32 Å². The molecule has 0 aromatic heterocycles. The molecule has 14 heavy (non-hydrogen) atoms. The zero-order chi connectivity index (χ0) is 10.6. The topological polar surface area (TPSA) is 15.3 Å². The van der Waals surface area contributed by atoms with E-state index in [0.29, 0.717) is 0 Å². The van der Waals surface area contributed by atoms with Gasteiger partial charge in [-0.3, -0.25) is 0 Å². The molecule has 0 aliphatic carbocycles. The maximum Gasteiger partial charge on any atom is -0.000687 e. The van der Waals surface area contributed by atoms with Gasteiger partial charge in [-0.25, -0.2) is 0 Å². The monoisotopic (exact) mass is 198 g/mol. The molecule has 1 N–H and O–H groups in total. The van der Waals surface area contributed by atoms with Gasteiger partial charge in [-0.1, -0.05) is 19.9 Å². The van der Waals surface area contributed by atoms with Gasteiger partial charge in [0.2, 0.25) is 0 Å². The molecule has 0 aliphatic rings. The van der Waals surface area contributed by atoms with Crippen molar-refractivity contribution in [2.24, 2.45) is 0 Å². The van der Waals surface area contributed by atoms with Crippen molar-refractivity contribution in [2.45, 2.75) is 33.1 Å². The molecule has 0 unspecified atom stereocenters. The SMILES string of the molecule is C=CCCCNCCCN(CC)CC. The largest absolute Gasteiger partial charge is 0.317 e. The molecular formula is C12H26N2. The molecule has 0 radical (unpaired) electrons. The number of nitrogens with zero attached hydrogens (tertiary/aromatic N) is 1. The lowest BCUT2D eigenvalue weighted by Gasteiger charge is -2.17. The first kappa shape index (κ1) is 13.7. The molecule has 0 fully saturated rings. The third-order valence-corrected chi connectivity index (χ3v) is 2.48. The summed E-state index contributed by atoms with van der Waals surface area (Å²) in [6.07, 6.45) is 5.59. The highest BCUT2D eigenvalue weighted by molar-refractivity contribution is 4.66. The van der Waals surface area contributed by atoms with Gasteiger partial charge in [-0.2, -0.15) is 0 Å². The van der Waals surface area contributed by atoms with Gasteiger partial charge in [0.25, 0.3) is 0 Å². The van der Waals surface area contributed by atoms with E-state index in [9.17, 15) is 0 Å². The molecule has 0 rings (SSSR count). The van der Waals surface area contributed by atoms with Gasteiger partial charge in [0, 0.05) is 0 Å². The smallest absolute Gasteiger partial charge is 0.000687 e. The van der Waals surface area contributed by atoms with E-state index in [0.717, 1.165) is 19.5 Å². The third-order valence-electron chi connectivity index (χ3n) is 2.48. The number of nitrogens with one attached hydrogen (secondary N) is 1. The number of allylic oxidation sites excluding steroid dienone is 1. The van der Waals surface area contributed by atoms with Crippen LogP contribution in [-0.2, 0) is 0 Å². The summed E-state index contributed by atoms with van der Waals surface area (Å²) in [5.41, 5.74) is 0. The third kappa shape index (κ3) is 8.27. The van der Waals surface area contributed by atoms with Crippen LogP contribution in [0.2, 0.25) is 0 Å². The Hall–Kier alpha value is -0.340. The zero-order valence-corrected chi connectivity index (χ0v) is 9.89. The Morgan fingerprint density at radius 2 is 1.79 bits per heavy atom.